The molecule has 0 aliphatic carbocycles. The third kappa shape index (κ3) is 3.65. The van der Waals surface area contributed by atoms with Gasteiger partial charge in [-0.05, 0) is 6.42 Å². The summed E-state index contributed by atoms with van der Waals surface area (Å²) in [4.78, 5) is 6.35. The third-order valence-corrected chi connectivity index (χ3v) is 2.96. The number of oxime groups is 1. The molecule has 0 amide bonds. The molecule has 1 aromatic rings. The van der Waals surface area contributed by atoms with Crippen LogP contribution in [-0.4, -0.2) is 34.0 Å². The predicted octanol–water partition coefficient (Wildman–Crippen LogP) is 1.06. The number of amidine groups is 1. The molecule has 0 radical (unpaired) electrons. The molecule has 0 saturated carbocycles. The van der Waals surface area contributed by atoms with Gasteiger partial charge in [0.1, 0.15) is 11.7 Å². The molecule has 0 saturated heterocycles. The molecule has 0 fully saturated rings. The predicted molar refractivity (Wildman–Crippen MR) is 65.2 cm³/mol. The van der Waals surface area contributed by atoms with E-state index in [1.807, 2.05) is 11.9 Å². The van der Waals surface area contributed by atoms with E-state index >= 15 is 0 Å². The van der Waals surface area contributed by atoms with Crippen molar-refractivity contribution in [2.45, 2.75) is 26.2 Å². The molecular weight excluding hydrogens is 226 g/mol. The van der Waals surface area contributed by atoms with E-state index in [-0.39, 0.29) is 5.84 Å². The van der Waals surface area contributed by atoms with Gasteiger partial charge >= 0.3 is 0 Å². The van der Waals surface area contributed by atoms with Gasteiger partial charge in [0.15, 0.2) is 0 Å². The van der Waals surface area contributed by atoms with Crippen LogP contribution in [0.5, 0.6) is 0 Å². The van der Waals surface area contributed by atoms with Crippen molar-refractivity contribution < 1.29 is 5.21 Å². The maximum absolute atomic E-state index is 8.41. The molecule has 1 rings (SSSR count). The molecule has 0 aliphatic rings. The first-order chi connectivity index (χ1) is 7.67. The van der Waals surface area contributed by atoms with Crippen LogP contribution in [0.3, 0.4) is 0 Å². The molecule has 6 nitrogen and oxygen atoms in total. The maximum Gasteiger partial charge on any atom is 0.204 e. The fourth-order valence-electron chi connectivity index (χ4n) is 1.15. The lowest BCUT2D eigenvalue weighted by atomic mass is 10.3. The van der Waals surface area contributed by atoms with Crippen molar-refractivity contribution in [1.29, 1.82) is 0 Å². The number of nitrogens with zero attached hydrogens (tertiary/aromatic N) is 4. The van der Waals surface area contributed by atoms with Crippen LogP contribution < -0.4 is 10.6 Å². The van der Waals surface area contributed by atoms with Crippen LogP contribution in [0.15, 0.2) is 5.16 Å². The second-order valence-corrected chi connectivity index (χ2v) is 4.24. The van der Waals surface area contributed by atoms with Crippen molar-refractivity contribution in [3.63, 3.8) is 0 Å². The highest BCUT2D eigenvalue weighted by Crippen LogP contribution is 2.16. The van der Waals surface area contributed by atoms with Gasteiger partial charge in [-0.25, -0.2) is 4.98 Å². The van der Waals surface area contributed by atoms with Crippen LogP contribution >= 0.6 is 11.5 Å². The summed E-state index contributed by atoms with van der Waals surface area (Å²) in [7, 11) is 1.92. The van der Waals surface area contributed by atoms with Crippen LogP contribution in [0.4, 0.5) is 5.13 Å². The number of anilines is 1. The third-order valence-electron chi connectivity index (χ3n) is 2.09. The quantitative estimate of drug-likeness (QED) is 0.337. The second-order valence-electron chi connectivity index (χ2n) is 3.51. The molecule has 0 aliphatic heterocycles. The van der Waals surface area contributed by atoms with Crippen molar-refractivity contribution >= 4 is 22.5 Å². The Morgan fingerprint density at radius 1 is 1.62 bits per heavy atom. The zero-order valence-electron chi connectivity index (χ0n) is 9.55. The average Bonchev–Trinajstić information content (AvgIpc) is 2.74. The molecule has 0 spiro atoms. The lowest BCUT2D eigenvalue weighted by Crippen LogP contribution is -2.24. The second kappa shape index (κ2) is 6.26. The monoisotopic (exact) mass is 243 g/mol. The van der Waals surface area contributed by atoms with Crippen LogP contribution in [0.2, 0.25) is 0 Å². The van der Waals surface area contributed by atoms with Gasteiger partial charge in [-0.1, -0.05) is 12.1 Å². The molecule has 90 valence electrons. The Morgan fingerprint density at radius 3 is 3.00 bits per heavy atom. The highest BCUT2D eigenvalue weighted by Gasteiger charge is 2.08. The van der Waals surface area contributed by atoms with E-state index in [9.17, 15) is 0 Å². The van der Waals surface area contributed by atoms with Crippen molar-refractivity contribution in [2.75, 3.05) is 18.5 Å². The molecular formula is C9H17N5OS. The largest absolute Gasteiger partial charge is 0.409 e. The maximum atomic E-state index is 8.41. The highest BCUT2D eigenvalue weighted by molar-refractivity contribution is 7.09. The summed E-state index contributed by atoms with van der Waals surface area (Å²) in [5, 5.41) is 12.2. The molecule has 0 atom stereocenters. The SMILES string of the molecule is CCCc1nsc(N(C)CCC(N)=NO)n1. The Labute approximate surface area is 99.0 Å². The number of aryl methyl sites for hydroxylation is 1. The number of hydrogen-bond acceptors (Lipinski definition) is 6. The van der Waals surface area contributed by atoms with E-state index in [4.69, 9.17) is 10.9 Å². The van der Waals surface area contributed by atoms with Gasteiger partial charge in [0, 0.05) is 38.0 Å². The summed E-state index contributed by atoms with van der Waals surface area (Å²) in [5.41, 5.74) is 5.39. The average molecular weight is 243 g/mol. The van der Waals surface area contributed by atoms with Crippen LogP contribution in [0.25, 0.3) is 0 Å². The minimum absolute atomic E-state index is 0.227. The molecule has 7 heteroatoms. The standard InChI is InChI=1S/C9H17N5OS/c1-3-4-8-11-9(16-13-8)14(2)6-5-7(10)12-15/h15H,3-6H2,1-2H3,(H2,10,12). The minimum Gasteiger partial charge on any atom is -0.409 e. The fraction of sp³-hybridized carbons (Fsp3) is 0.667. The molecule has 0 unspecified atom stereocenters. The zero-order valence-corrected chi connectivity index (χ0v) is 10.4. The molecule has 0 aromatic carbocycles. The number of hydrogen-bond donors (Lipinski definition) is 2. The highest BCUT2D eigenvalue weighted by atomic mass is 32.1. The Hall–Kier alpha value is -1.37. The van der Waals surface area contributed by atoms with Crippen molar-refractivity contribution in [3.8, 4) is 0 Å². The van der Waals surface area contributed by atoms with E-state index in [1.165, 1.54) is 11.5 Å². The summed E-state index contributed by atoms with van der Waals surface area (Å²) < 4.78 is 4.25. The summed E-state index contributed by atoms with van der Waals surface area (Å²) in [6.45, 7) is 2.76. The first kappa shape index (κ1) is 12.7. The fourth-order valence-corrected chi connectivity index (χ4v) is 1.85. The summed E-state index contributed by atoms with van der Waals surface area (Å²) in [5.74, 6) is 1.11. The van der Waals surface area contributed by atoms with E-state index in [0.717, 1.165) is 23.8 Å². The van der Waals surface area contributed by atoms with Crippen LogP contribution in [-0.2, 0) is 6.42 Å². The zero-order chi connectivity index (χ0) is 12.0. The smallest absolute Gasteiger partial charge is 0.204 e. The minimum atomic E-state index is 0.227. The normalized spacial score (nSPS) is 11.8. The molecule has 1 aromatic heterocycles. The molecule has 16 heavy (non-hydrogen) atoms. The first-order valence-electron chi connectivity index (χ1n) is 5.17. The molecule has 1 heterocycles. The van der Waals surface area contributed by atoms with Crippen molar-refractivity contribution in [2.24, 2.45) is 10.9 Å². The first-order valence-corrected chi connectivity index (χ1v) is 5.94. The summed E-state index contributed by atoms with van der Waals surface area (Å²) in [6.07, 6.45) is 2.46. The van der Waals surface area contributed by atoms with Gasteiger partial charge in [0.05, 0.1) is 0 Å². The Balaban J connectivity index is 2.49. The Morgan fingerprint density at radius 2 is 2.38 bits per heavy atom. The van der Waals surface area contributed by atoms with Crippen LogP contribution in [0.1, 0.15) is 25.6 Å². The summed E-state index contributed by atoms with van der Waals surface area (Å²) in [6, 6.07) is 0. The van der Waals surface area contributed by atoms with Crippen LogP contribution in [0, 0.1) is 0 Å². The van der Waals surface area contributed by atoms with E-state index in [0.29, 0.717) is 13.0 Å². The topological polar surface area (TPSA) is 87.6 Å². The van der Waals surface area contributed by atoms with Gasteiger partial charge < -0.3 is 15.8 Å². The van der Waals surface area contributed by atoms with Crippen molar-refractivity contribution in [3.05, 3.63) is 5.82 Å². The lowest BCUT2D eigenvalue weighted by molar-refractivity contribution is 0.317. The van der Waals surface area contributed by atoms with Gasteiger partial charge in [-0.3, -0.25) is 0 Å². The van der Waals surface area contributed by atoms with E-state index < -0.39 is 0 Å². The van der Waals surface area contributed by atoms with Crippen molar-refractivity contribution in [1.82, 2.24) is 9.36 Å². The van der Waals surface area contributed by atoms with Gasteiger partial charge in [0.2, 0.25) is 5.13 Å². The lowest BCUT2D eigenvalue weighted by Gasteiger charge is -2.13. The van der Waals surface area contributed by atoms with E-state index in [1.54, 1.807) is 0 Å². The summed E-state index contributed by atoms with van der Waals surface area (Å²) >= 11 is 1.38. The van der Waals surface area contributed by atoms with Gasteiger partial charge in [0.25, 0.3) is 0 Å². The van der Waals surface area contributed by atoms with Gasteiger partial charge in [-0.15, -0.1) is 0 Å². The number of aromatic nitrogens is 2. The Kier molecular flexibility index (Phi) is 4.97. The van der Waals surface area contributed by atoms with E-state index in [2.05, 4.69) is 21.4 Å². The number of rotatable bonds is 6. The van der Waals surface area contributed by atoms with Gasteiger partial charge in [-0.2, -0.15) is 4.37 Å². The molecule has 0 bridgehead atoms. The molecule has 3 N–H and O–H groups in total. The Bertz CT molecular complexity index is 351. The number of nitrogens with two attached hydrogens (primary N) is 1.